The molecule has 0 saturated carbocycles. The fourth-order valence-electron chi connectivity index (χ4n) is 2.29. The molecule has 0 spiro atoms. The van der Waals surface area contributed by atoms with Crippen LogP contribution in [0.3, 0.4) is 0 Å². The summed E-state index contributed by atoms with van der Waals surface area (Å²) in [4.78, 5) is 31.2. The zero-order valence-electron chi connectivity index (χ0n) is 11.8. The SMILES string of the molecule is CCc1nc(CN2CCN(C(C)=O)CC2)sc1C(=O)O. The highest BCUT2D eigenvalue weighted by Crippen LogP contribution is 2.21. The molecular weight excluding hydrogens is 278 g/mol. The first-order valence-electron chi connectivity index (χ1n) is 6.71. The highest BCUT2D eigenvalue weighted by atomic mass is 32.1. The van der Waals surface area contributed by atoms with Gasteiger partial charge in [0, 0.05) is 33.1 Å². The van der Waals surface area contributed by atoms with Gasteiger partial charge in [-0.05, 0) is 6.42 Å². The smallest absolute Gasteiger partial charge is 0.347 e. The number of aromatic carboxylic acids is 1. The number of hydrogen-bond donors (Lipinski definition) is 1. The Labute approximate surface area is 122 Å². The van der Waals surface area contributed by atoms with Crippen molar-refractivity contribution in [3.05, 3.63) is 15.6 Å². The molecule has 1 aromatic heterocycles. The minimum atomic E-state index is -0.896. The summed E-state index contributed by atoms with van der Waals surface area (Å²) in [6.07, 6.45) is 0.635. The molecule has 0 atom stereocenters. The average molecular weight is 297 g/mol. The summed E-state index contributed by atoms with van der Waals surface area (Å²) in [5, 5.41) is 9.97. The molecule has 1 saturated heterocycles. The van der Waals surface area contributed by atoms with E-state index in [1.165, 1.54) is 11.3 Å². The first kappa shape index (κ1) is 14.9. The van der Waals surface area contributed by atoms with Gasteiger partial charge in [0.2, 0.25) is 5.91 Å². The zero-order valence-corrected chi connectivity index (χ0v) is 12.6. The Hall–Kier alpha value is -1.47. The van der Waals surface area contributed by atoms with Gasteiger partial charge in [-0.2, -0.15) is 0 Å². The molecule has 7 heteroatoms. The fraction of sp³-hybridized carbons (Fsp3) is 0.615. The highest BCUT2D eigenvalue weighted by molar-refractivity contribution is 7.13. The molecule has 110 valence electrons. The van der Waals surface area contributed by atoms with Crippen LogP contribution in [0, 0.1) is 0 Å². The molecule has 20 heavy (non-hydrogen) atoms. The molecular formula is C13H19N3O3S. The van der Waals surface area contributed by atoms with Gasteiger partial charge in [-0.25, -0.2) is 9.78 Å². The van der Waals surface area contributed by atoms with Crippen molar-refractivity contribution >= 4 is 23.2 Å². The van der Waals surface area contributed by atoms with Crippen molar-refractivity contribution < 1.29 is 14.7 Å². The number of thiazole rings is 1. The van der Waals surface area contributed by atoms with Crippen LogP contribution in [0.1, 0.15) is 34.2 Å². The largest absolute Gasteiger partial charge is 0.477 e. The molecule has 0 unspecified atom stereocenters. The van der Waals surface area contributed by atoms with Crippen LogP contribution in [0.15, 0.2) is 0 Å². The van der Waals surface area contributed by atoms with Crippen LogP contribution in [0.2, 0.25) is 0 Å². The Morgan fingerprint density at radius 1 is 1.30 bits per heavy atom. The maximum Gasteiger partial charge on any atom is 0.347 e. The van der Waals surface area contributed by atoms with Crippen LogP contribution in [-0.4, -0.2) is 57.9 Å². The molecule has 6 nitrogen and oxygen atoms in total. The van der Waals surface area contributed by atoms with Crippen LogP contribution < -0.4 is 0 Å². The molecule has 0 aliphatic carbocycles. The topological polar surface area (TPSA) is 73.7 Å². The Morgan fingerprint density at radius 2 is 1.95 bits per heavy atom. The van der Waals surface area contributed by atoms with E-state index in [0.717, 1.165) is 31.2 Å². The van der Waals surface area contributed by atoms with Gasteiger partial charge in [-0.15, -0.1) is 11.3 Å². The number of carbonyl (C=O) groups excluding carboxylic acids is 1. The predicted octanol–water partition coefficient (Wildman–Crippen LogP) is 1.07. The molecule has 1 aromatic rings. The lowest BCUT2D eigenvalue weighted by Gasteiger charge is -2.33. The van der Waals surface area contributed by atoms with E-state index >= 15 is 0 Å². The van der Waals surface area contributed by atoms with Gasteiger partial charge in [-0.3, -0.25) is 9.69 Å². The van der Waals surface area contributed by atoms with Crippen LogP contribution in [0.4, 0.5) is 0 Å². The van der Waals surface area contributed by atoms with Gasteiger partial charge < -0.3 is 10.0 Å². The maximum absolute atomic E-state index is 11.3. The molecule has 1 N–H and O–H groups in total. The maximum atomic E-state index is 11.3. The molecule has 0 radical (unpaired) electrons. The first-order chi connectivity index (χ1) is 9.51. The van der Waals surface area contributed by atoms with E-state index in [9.17, 15) is 9.59 Å². The van der Waals surface area contributed by atoms with Crippen molar-refractivity contribution in [3.63, 3.8) is 0 Å². The third kappa shape index (κ3) is 3.34. The second-order valence-corrected chi connectivity index (χ2v) is 5.91. The predicted molar refractivity (Wildman–Crippen MR) is 76.0 cm³/mol. The first-order valence-corrected chi connectivity index (χ1v) is 7.52. The molecule has 1 amide bonds. The number of hydrogen-bond acceptors (Lipinski definition) is 5. The Balaban J connectivity index is 1.98. The lowest BCUT2D eigenvalue weighted by Crippen LogP contribution is -2.47. The summed E-state index contributed by atoms with van der Waals surface area (Å²) in [6.45, 7) is 7.24. The molecule has 1 aliphatic rings. The van der Waals surface area contributed by atoms with E-state index in [4.69, 9.17) is 5.11 Å². The lowest BCUT2D eigenvalue weighted by atomic mass is 10.3. The van der Waals surface area contributed by atoms with Crippen LogP contribution in [0.5, 0.6) is 0 Å². The number of carboxylic acid groups (broad SMARTS) is 1. The Kier molecular flexibility index (Phi) is 4.72. The van der Waals surface area contributed by atoms with Gasteiger partial charge >= 0.3 is 5.97 Å². The summed E-state index contributed by atoms with van der Waals surface area (Å²) in [5.41, 5.74) is 0.667. The average Bonchev–Trinajstić information content (AvgIpc) is 2.82. The Morgan fingerprint density at radius 3 is 2.40 bits per heavy atom. The summed E-state index contributed by atoms with van der Waals surface area (Å²) in [5.74, 6) is -0.785. The second kappa shape index (κ2) is 6.32. The number of aryl methyl sites for hydroxylation is 1. The van der Waals surface area contributed by atoms with Gasteiger partial charge in [0.05, 0.1) is 12.2 Å². The molecule has 2 rings (SSSR count). The van der Waals surface area contributed by atoms with E-state index < -0.39 is 5.97 Å². The summed E-state index contributed by atoms with van der Waals surface area (Å²) < 4.78 is 0. The normalized spacial score (nSPS) is 16.4. The molecule has 2 heterocycles. The van der Waals surface area contributed by atoms with Crippen molar-refractivity contribution in [1.82, 2.24) is 14.8 Å². The van der Waals surface area contributed by atoms with E-state index in [-0.39, 0.29) is 5.91 Å². The number of nitrogens with zero attached hydrogens (tertiary/aromatic N) is 3. The molecule has 1 aliphatic heterocycles. The van der Waals surface area contributed by atoms with Crippen molar-refractivity contribution in [2.24, 2.45) is 0 Å². The van der Waals surface area contributed by atoms with E-state index in [1.807, 2.05) is 11.8 Å². The van der Waals surface area contributed by atoms with Crippen molar-refractivity contribution in [1.29, 1.82) is 0 Å². The van der Waals surface area contributed by atoms with Gasteiger partial charge in [0.1, 0.15) is 9.88 Å². The monoisotopic (exact) mass is 297 g/mol. The number of rotatable bonds is 4. The summed E-state index contributed by atoms with van der Waals surface area (Å²) in [6, 6.07) is 0. The number of carbonyl (C=O) groups is 2. The number of aromatic nitrogens is 1. The van der Waals surface area contributed by atoms with Crippen molar-refractivity contribution in [3.8, 4) is 0 Å². The number of piperazine rings is 1. The van der Waals surface area contributed by atoms with Gasteiger partial charge in [-0.1, -0.05) is 6.92 Å². The third-order valence-electron chi connectivity index (χ3n) is 3.45. The van der Waals surface area contributed by atoms with Gasteiger partial charge in [0.15, 0.2) is 0 Å². The van der Waals surface area contributed by atoms with E-state index in [0.29, 0.717) is 23.5 Å². The van der Waals surface area contributed by atoms with Crippen LogP contribution in [-0.2, 0) is 17.8 Å². The molecule has 0 aromatic carbocycles. The fourth-order valence-corrected chi connectivity index (χ4v) is 3.32. The minimum Gasteiger partial charge on any atom is -0.477 e. The zero-order chi connectivity index (χ0) is 14.7. The molecule has 0 bridgehead atoms. The van der Waals surface area contributed by atoms with Crippen molar-refractivity contribution in [2.75, 3.05) is 26.2 Å². The second-order valence-electron chi connectivity index (χ2n) is 4.82. The van der Waals surface area contributed by atoms with Crippen LogP contribution >= 0.6 is 11.3 Å². The van der Waals surface area contributed by atoms with Crippen molar-refractivity contribution in [2.45, 2.75) is 26.8 Å². The highest BCUT2D eigenvalue weighted by Gasteiger charge is 2.21. The molecule has 1 fully saturated rings. The summed E-state index contributed by atoms with van der Waals surface area (Å²) in [7, 11) is 0. The Bertz CT molecular complexity index is 507. The van der Waals surface area contributed by atoms with Gasteiger partial charge in [0.25, 0.3) is 0 Å². The number of carboxylic acids is 1. The van der Waals surface area contributed by atoms with E-state index in [1.54, 1.807) is 6.92 Å². The number of amides is 1. The van der Waals surface area contributed by atoms with Crippen LogP contribution in [0.25, 0.3) is 0 Å². The summed E-state index contributed by atoms with van der Waals surface area (Å²) >= 11 is 1.26. The standard InChI is InChI=1S/C13H19N3O3S/c1-3-10-12(13(18)19)20-11(14-10)8-15-4-6-16(7-5-15)9(2)17/h3-8H2,1-2H3,(H,18,19). The van der Waals surface area contributed by atoms with E-state index in [2.05, 4.69) is 9.88 Å². The quantitative estimate of drug-likeness (QED) is 0.900. The minimum absolute atomic E-state index is 0.111. The third-order valence-corrected chi connectivity index (χ3v) is 4.52. The lowest BCUT2D eigenvalue weighted by molar-refractivity contribution is -0.130.